The van der Waals surface area contributed by atoms with Crippen molar-refractivity contribution in [1.29, 1.82) is 0 Å². The number of imide groups is 2. The van der Waals surface area contributed by atoms with Crippen molar-refractivity contribution in [3.63, 3.8) is 0 Å². The van der Waals surface area contributed by atoms with Crippen LogP contribution in [0.15, 0.2) is 42.5 Å². The summed E-state index contributed by atoms with van der Waals surface area (Å²) in [6.07, 6.45) is 0.237. The van der Waals surface area contributed by atoms with Crippen molar-refractivity contribution in [2.75, 3.05) is 0 Å². The van der Waals surface area contributed by atoms with E-state index < -0.39 is 29.7 Å². The molecule has 1 atom stereocenters. The molecule has 4 amide bonds. The van der Waals surface area contributed by atoms with E-state index >= 15 is 0 Å². The van der Waals surface area contributed by atoms with Crippen molar-refractivity contribution in [2.24, 2.45) is 5.73 Å². The summed E-state index contributed by atoms with van der Waals surface area (Å²) < 4.78 is 0. The number of nitrogens with zero attached hydrogens (tertiary/aromatic N) is 1. The Morgan fingerprint density at radius 3 is 2.53 bits per heavy atom. The molecule has 4 N–H and O–H groups in total. The summed E-state index contributed by atoms with van der Waals surface area (Å²) in [4.78, 5) is 50.5. The number of carbonyl (C=O) groups is 4. The summed E-state index contributed by atoms with van der Waals surface area (Å²) >= 11 is 0. The fourth-order valence-corrected chi connectivity index (χ4v) is 3.94. The van der Waals surface area contributed by atoms with Gasteiger partial charge in [0.15, 0.2) is 0 Å². The maximum absolute atomic E-state index is 13.1. The lowest BCUT2D eigenvalue weighted by Crippen LogP contribution is -2.54. The summed E-state index contributed by atoms with van der Waals surface area (Å²) in [6, 6.07) is 12.1. The van der Waals surface area contributed by atoms with Gasteiger partial charge in [0.2, 0.25) is 11.8 Å². The molecular formula is C22H22N4O4. The van der Waals surface area contributed by atoms with Gasteiger partial charge in [-0.15, -0.1) is 0 Å². The maximum atomic E-state index is 13.1. The van der Waals surface area contributed by atoms with Crippen LogP contribution in [0, 0.1) is 0 Å². The second-order valence-corrected chi connectivity index (χ2v) is 7.41. The molecule has 0 spiro atoms. The molecule has 0 radical (unpaired) electrons. The van der Waals surface area contributed by atoms with Gasteiger partial charge in [0, 0.05) is 26.1 Å². The molecule has 2 aliphatic heterocycles. The number of fused-ring (bicyclic) bond motifs is 1. The number of carbonyl (C=O) groups excluding carboxylic acids is 4. The smallest absolute Gasteiger partial charge is 0.262 e. The maximum Gasteiger partial charge on any atom is 0.262 e. The van der Waals surface area contributed by atoms with E-state index in [0.29, 0.717) is 30.8 Å². The van der Waals surface area contributed by atoms with E-state index in [2.05, 4.69) is 10.6 Å². The third-order valence-corrected chi connectivity index (χ3v) is 5.43. The van der Waals surface area contributed by atoms with Crippen LogP contribution in [0.2, 0.25) is 0 Å². The van der Waals surface area contributed by atoms with Gasteiger partial charge >= 0.3 is 0 Å². The minimum absolute atomic E-state index is 0.0973. The second-order valence-electron chi connectivity index (χ2n) is 7.41. The minimum atomic E-state index is -0.963. The van der Waals surface area contributed by atoms with Crippen LogP contribution >= 0.6 is 0 Å². The predicted molar refractivity (Wildman–Crippen MR) is 108 cm³/mol. The molecule has 8 nitrogen and oxygen atoms in total. The van der Waals surface area contributed by atoms with Gasteiger partial charge in [0.05, 0.1) is 11.1 Å². The first-order valence-electron chi connectivity index (χ1n) is 9.81. The van der Waals surface area contributed by atoms with E-state index in [1.54, 1.807) is 18.2 Å². The monoisotopic (exact) mass is 406 g/mol. The first-order valence-corrected chi connectivity index (χ1v) is 9.81. The highest BCUT2D eigenvalue weighted by molar-refractivity contribution is 6.24. The van der Waals surface area contributed by atoms with Gasteiger partial charge in [-0.25, -0.2) is 0 Å². The van der Waals surface area contributed by atoms with Crippen molar-refractivity contribution in [3.8, 4) is 0 Å². The van der Waals surface area contributed by atoms with Crippen LogP contribution < -0.4 is 16.4 Å². The normalized spacial score (nSPS) is 18.6. The number of nitrogens with one attached hydrogen (secondary N) is 2. The Bertz CT molecular complexity index is 1050. The molecule has 0 saturated carbocycles. The summed E-state index contributed by atoms with van der Waals surface area (Å²) in [7, 11) is 0. The molecule has 30 heavy (non-hydrogen) atoms. The molecule has 2 aromatic rings. The van der Waals surface area contributed by atoms with Crippen LogP contribution in [-0.4, -0.2) is 34.6 Å². The topological polar surface area (TPSA) is 122 Å². The van der Waals surface area contributed by atoms with E-state index in [1.165, 1.54) is 0 Å². The van der Waals surface area contributed by atoms with Crippen molar-refractivity contribution in [2.45, 2.75) is 38.5 Å². The fourth-order valence-electron chi connectivity index (χ4n) is 3.94. The van der Waals surface area contributed by atoms with Crippen molar-refractivity contribution in [1.82, 2.24) is 15.5 Å². The average Bonchev–Trinajstić information content (AvgIpc) is 2.99. The lowest BCUT2D eigenvalue weighted by Gasteiger charge is -2.27. The molecule has 1 fully saturated rings. The highest BCUT2D eigenvalue weighted by atomic mass is 16.2. The highest BCUT2D eigenvalue weighted by Crippen LogP contribution is 2.29. The van der Waals surface area contributed by atoms with E-state index in [4.69, 9.17) is 5.73 Å². The van der Waals surface area contributed by atoms with E-state index in [1.807, 2.05) is 24.3 Å². The van der Waals surface area contributed by atoms with Gasteiger partial charge in [-0.2, -0.15) is 0 Å². The summed E-state index contributed by atoms with van der Waals surface area (Å²) in [6.45, 7) is 1.43. The minimum Gasteiger partial charge on any atom is -0.326 e. The number of hydrogen-bond acceptors (Lipinski definition) is 6. The Morgan fingerprint density at radius 1 is 1.00 bits per heavy atom. The van der Waals surface area contributed by atoms with Crippen molar-refractivity contribution >= 4 is 23.6 Å². The molecule has 2 heterocycles. The third-order valence-electron chi connectivity index (χ3n) is 5.43. The zero-order valence-corrected chi connectivity index (χ0v) is 16.3. The lowest BCUT2D eigenvalue weighted by atomic mass is 10.0. The number of rotatable bonds is 6. The Balaban J connectivity index is 1.51. The molecule has 1 unspecified atom stereocenters. The van der Waals surface area contributed by atoms with Crippen LogP contribution in [0.25, 0.3) is 0 Å². The Kier molecular flexibility index (Phi) is 5.43. The molecule has 2 aliphatic rings. The molecule has 154 valence electrons. The van der Waals surface area contributed by atoms with Crippen LogP contribution in [0.5, 0.6) is 0 Å². The Morgan fingerprint density at radius 2 is 1.77 bits per heavy atom. The van der Waals surface area contributed by atoms with E-state index in [9.17, 15) is 19.2 Å². The molecular weight excluding hydrogens is 384 g/mol. The van der Waals surface area contributed by atoms with Gasteiger partial charge in [-0.1, -0.05) is 36.4 Å². The number of nitrogens with two attached hydrogens (primary N) is 1. The van der Waals surface area contributed by atoms with E-state index in [-0.39, 0.29) is 18.4 Å². The predicted octanol–water partition coefficient (Wildman–Crippen LogP) is 0.836. The molecule has 0 bridgehead atoms. The van der Waals surface area contributed by atoms with Gasteiger partial charge < -0.3 is 11.1 Å². The largest absolute Gasteiger partial charge is 0.326 e. The van der Waals surface area contributed by atoms with Crippen LogP contribution in [0.1, 0.15) is 50.2 Å². The summed E-state index contributed by atoms with van der Waals surface area (Å²) in [5.41, 5.74) is 9.08. The average molecular weight is 406 g/mol. The zero-order chi connectivity index (χ0) is 21.3. The first kappa shape index (κ1) is 19.9. The zero-order valence-electron chi connectivity index (χ0n) is 16.3. The lowest BCUT2D eigenvalue weighted by molar-refractivity contribution is -0.136. The summed E-state index contributed by atoms with van der Waals surface area (Å²) in [5.74, 6) is -1.99. The Labute approximate surface area is 173 Å². The van der Waals surface area contributed by atoms with Gasteiger partial charge in [0.1, 0.15) is 6.04 Å². The van der Waals surface area contributed by atoms with Gasteiger partial charge in [-0.05, 0) is 29.2 Å². The standard InChI is InChI=1S/C22H22N4O4/c23-10-13-3-1-4-14(9-13)11-24-12-15-5-2-6-16-19(15)22(30)26(21(16)29)17-7-8-18(27)25-20(17)28/h1-6,9,17,24H,7-8,10-12,23H2,(H,25,27,28). The van der Waals surface area contributed by atoms with Crippen molar-refractivity contribution < 1.29 is 19.2 Å². The van der Waals surface area contributed by atoms with Gasteiger partial charge in [0.25, 0.3) is 11.8 Å². The van der Waals surface area contributed by atoms with E-state index in [0.717, 1.165) is 16.0 Å². The molecule has 2 aromatic carbocycles. The molecule has 8 heteroatoms. The summed E-state index contributed by atoms with van der Waals surface area (Å²) in [5, 5.41) is 5.50. The molecule has 0 aliphatic carbocycles. The molecule has 0 aromatic heterocycles. The number of benzene rings is 2. The quantitative estimate of drug-likeness (QED) is 0.611. The van der Waals surface area contributed by atoms with Crippen LogP contribution in [0.3, 0.4) is 0 Å². The first-order chi connectivity index (χ1) is 14.5. The third kappa shape index (κ3) is 3.62. The number of piperidine rings is 1. The fraction of sp³-hybridized carbons (Fsp3) is 0.273. The highest BCUT2D eigenvalue weighted by Gasteiger charge is 2.45. The van der Waals surface area contributed by atoms with Crippen LogP contribution in [0.4, 0.5) is 0 Å². The number of amides is 4. The second kappa shape index (κ2) is 8.17. The molecule has 1 saturated heterocycles. The molecule has 4 rings (SSSR count). The number of hydrogen-bond donors (Lipinski definition) is 3. The van der Waals surface area contributed by atoms with Crippen molar-refractivity contribution in [3.05, 3.63) is 70.3 Å². The Hall–Kier alpha value is -3.36. The SMILES string of the molecule is NCc1cccc(CNCc2cccc3c2C(=O)N(C2CCC(=O)NC2=O)C3=O)c1. The van der Waals surface area contributed by atoms with Crippen LogP contribution in [-0.2, 0) is 29.2 Å². The van der Waals surface area contributed by atoms with Gasteiger partial charge in [-0.3, -0.25) is 29.4 Å².